The van der Waals surface area contributed by atoms with Crippen LogP contribution in [0, 0.1) is 0 Å². The summed E-state index contributed by atoms with van der Waals surface area (Å²) in [7, 11) is 0. The molecule has 3 N–H and O–H groups in total. The molecule has 0 saturated heterocycles. The minimum absolute atomic E-state index is 0.0262. The largest absolute Gasteiger partial charge is 0.508 e. The highest BCUT2D eigenvalue weighted by Crippen LogP contribution is 2.36. The highest BCUT2D eigenvalue weighted by atomic mass is 16.3. The molecular weight excluding hydrogens is 280 g/mol. The van der Waals surface area contributed by atoms with Crippen LogP contribution in [0.3, 0.4) is 0 Å². The van der Waals surface area contributed by atoms with E-state index < -0.39 is 0 Å². The first kappa shape index (κ1) is 16.6. The Bertz CT molecular complexity index is 505. The van der Waals surface area contributed by atoms with Crippen LogP contribution in [0.15, 0.2) is 18.2 Å². The number of nitrogens with zero attached hydrogens (tertiary/aromatic N) is 1. The van der Waals surface area contributed by atoms with E-state index in [-0.39, 0.29) is 18.7 Å². The zero-order valence-electron chi connectivity index (χ0n) is 13.2. The molecule has 0 radical (unpaired) electrons. The van der Waals surface area contributed by atoms with Crippen LogP contribution in [-0.2, 0) is 6.42 Å². The number of carbonyl (C=O) groups excluding carboxylic acids is 1. The van der Waals surface area contributed by atoms with Crippen LogP contribution < -0.4 is 5.32 Å². The number of unbranched alkanes of at least 4 members (excludes halogenated alkanes) is 2. The second kappa shape index (κ2) is 8.03. The lowest BCUT2D eigenvalue weighted by molar-refractivity contribution is 0.172. The zero-order chi connectivity index (χ0) is 15.9. The minimum Gasteiger partial charge on any atom is -0.508 e. The summed E-state index contributed by atoms with van der Waals surface area (Å²) < 4.78 is 0. The summed E-state index contributed by atoms with van der Waals surface area (Å²) in [6.07, 6.45) is 4.72. The third kappa shape index (κ3) is 3.91. The van der Waals surface area contributed by atoms with Crippen LogP contribution in [0.25, 0.3) is 0 Å². The van der Waals surface area contributed by atoms with Crippen molar-refractivity contribution in [1.29, 1.82) is 0 Å². The number of rotatable bonds is 7. The number of aromatic hydroxyl groups is 1. The lowest BCUT2D eigenvalue weighted by Crippen LogP contribution is -2.43. The van der Waals surface area contributed by atoms with Crippen LogP contribution in [0.1, 0.15) is 49.8 Å². The molecule has 5 nitrogen and oxygen atoms in total. The predicted molar refractivity (Wildman–Crippen MR) is 85.9 cm³/mol. The van der Waals surface area contributed by atoms with Gasteiger partial charge in [0.1, 0.15) is 5.75 Å². The molecule has 1 atom stereocenters. The van der Waals surface area contributed by atoms with E-state index in [0.717, 1.165) is 43.2 Å². The molecular formula is C17H26N2O3. The molecule has 2 rings (SSSR count). The van der Waals surface area contributed by atoms with Gasteiger partial charge in [-0.25, -0.2) is 4.79 Å². The number of amides is 2. The number of phenolic OH excluding ortho intramolecular Hbond substituents is 1. The number of phenols is 1. The zero-order valence-corrected chi connectivity index (χ0v) is 13.2. The number of carbonyl (C=O) groups is 1. The van der Waals surface area contributed by atoms with Gasteiger partial charge in [-0.1, -0.05) is 31.9 Å². The van der Waals surface area contributed by atoms with Crippen molar-refractivity contribution in [2.24, 2.45) is 0 Å². The second-order valence-corrected chi connectivity index (χ2v) is 5.80. The van der Waals surface area contributed by atoms with E-state index >= 15 is 0 Å². The molecule has 0 saturated carbocycles. The molecule has 0 aliphatic heterocycles. The van der Waals surface area contributed by atoms with Gasteiger partial charge in [-0.05, 0) is 36.5 Å². The standard InChI is InChI=1S/C17H26N2O3/c1-2-3-4-10-19(11-12-20)17(22)18-15-9-8-14-13(15)6-5-7-16(14)21/h5-7,15,20-21H,2-4,8-12H2,1H3,(H,18,22). The summed E-state index contributed by atoms with van der Waals surface area (Å²) >= 11 is 0. The van der Waals surface area contributed by atoms with E-state index in [1.165, 1.54) is 0 Å². The molecule has 1 unspecified atom stereocenters. The van der Waals surface area contributed by atoms with E-state index in [1.54, 1.807) is 11.0 Å². The first-order chi connectivity index (χ1) is 10.7. The van der Waals surface area contributed by atoms with Crippen LogP contribution in [0.2, 0.25) is 0 Å². The fourth-order valence-corrected chi connectivity index (χ4v) is 3.01. The van der Waals surface area contributed by atoms with Gasteiger partial charge in [0.15, 0.2) is 0 Å². The molecule has 1 aliphatic rings. The molecule has 2 amide bonds. The van der Waals surface area contributed by atoms with Crippen LogP contribution in [0.4, 0.5) is 4.79 Å². The number of nitrogens with one attached hydrogen (secondary N) is 1. The molecule has 1 aromatic carbocycles. The van der Waals surface area contributed by atoms with Crippen molar-refractivity contribution in [3.63, 3.8) is 0 Å². The first-order valence-electron chi connectivity index (χ1n) is 8.14. The molecule has 1 aliphatic carbocycles. The van der Waals surface area contributed by atoms with Crippen molar-refractivity contribution in [2.75, 3.05) is 19.7 Å². The van der Waals surface area contributed by atoms with Gasteiger partial charge in [-0.2, -0.15) is 0 Å². The lowest BCUT2D eigenvalue weighted by Gasteiger charge is -2.25. The molecule has 1 aromatic rings. The fraction of sp³-hybridized carbons (Fsp3) is 0.588. The van der Waals surface area contributed by atoms with E-state index in [2.05, 4.69) is 12.2 Å². The average Bonchev–Trinajstić information content (AvgIpc) is 2.91. The molecule has 0 spiro atoms. The summed E-state index contributed by atoms with van der Waals surface area (Å²) in [5.41, 5.74) is 1.94. The summed E-state index contributed by atoms with van der Waals surface area (Å²) in [6, 6.07) is 5.27. The molecule has 5 heteroatoms. The summed E-state index contributed by atoms with van der Waals surface area (Å²) in [4.78, 5) is 14.1. The molecule has 22 heavy (non-hydrogen) atoms. The Labute approximate surface area is 131 Å². The Balaban J connectivity index is 1.97. The monoisotopic (exact) mass is 306 g/mol. The topological polar surface area (TPSA) is 72.8 Å². The first-order valence-corrected chi connectivity index (χ1v) is 8.14. The van der Waals surface area contributed by atoms with Crippen LogP contribution >= 0.6 is 0 Å². The van der Waals surface area contributed by atoms with Gasteiger partial charge in [0.25, 0.3) is 0 Å². The number of hydrogen-bond donors (Lipinski definition) is 3. The van der Waals surface area contributed by atoms with Gasteiger partial charge in [0, 0.05) is 13.1 Å². The Kier molecular flexibility index (Phi) is 6.07. The quantitative estimate of drug-likeness (QED) is 0.678. The van der Waals surface area contributed by atoms with Crippen molar-refractivity contribution in [3.05, 3.63) is 29.3 Å². The molecule has 122 valence electrons. The van der Waals surface area contributed by atoms with E-state index in [4.69, 9.17) is 5.11 Å². The van der Waals surface area contributed by atoms with Crippen LogP contribution in [0.5, 0.6) is 5.75 Å². The van der Waals surface area contributed by atoms with E-state index in [1.807, 2.05) is 12.1 Å². The van der Waals surface area contributed by atoms with Crippen molar-refractivity contribution >= 4 is 6.03 Å². The van der Waals surface area contributed by atoms with Gasteiger partial charge in [-0.3, -0.25) is 0 Å². The number of aliphatic hydroxyl groups excluding tert-OH is 1. The SMILES string of the molecule is CCCCCN(CCO)C(=O)NC1CCc2c(O)cccc21. The maximum Gasteiger partial charge on any atom is 0.317 e. The van der Waals surface area contributed by atoms with E-state index in [0.29, 0.717) is 18.8 Å². The van der Waals surface area contributed by atoms with Crippen LogP contribution in [-0.4, -0.2) is 40.8 Å². The highest BCUT2D eigenvalue weighted by molar-refractivity contribution is 5.75. The van der Waals surface area contributed by atoms with Crippen molar-refractivity contribution < 1.29 is 15.0 Å². The van der Waals surface area contributed by atoms with Gasteiger partial charge in [0.2, 0.25) is 0 Å². The van der Waals surface area contributed by atoms with Crippen molar-refractivity contribution in [2.45, 2.75) is 45.1 Å². The van der Waals surface area contributed by atoms with E-state index in [9.17, 15) is 9.90 Å². The van der Waals surface area contributed by atoms with Crippen molar-refractivity contribution in [1.82, 2.24) is 10.2 Å². The van der Waals surface area contributed by atoms with Gasteiger partial charge in [0.05, 0.1) is 12.6 Å². The van der Waals surface area contributed by atoms with Gasteiger partial charge in [-0.15, -0.1) is 0 Å². The second-order valence-electron chi connectivity index (χ2n) is 5.80. The summed E-state index contributed by atoms with van der Waals surface area (Å²) in [6.45, 7) is 3.12. The maximum absolute atomic E-state index is 12.4. The Morgan fingerprint density at radius 1 is 1.36 bits per heavy atom. The Hall–Kier alpha value is -1.75. The van der Waals surface area contributed by atoms with Gasteiger partial charge >= 0.3 is 6.03 Å². The summed E-state index contributed by atoms with van der Waals surface area (Å²) in [5, 5.41) is 22.0. The Morgan fingerprint density at radius 2 is 2.18 bits per heavy atom. The minimum atomic E-state index is -0.133. The maximum atomic E-state index is 12.4. The molecule has 0 fully saturated rings. The number of benzene rings is 1. The Morgan fingerprint density at radius 3 is 2.91 bits per heavy atom. The van der Waals surface area contributed by atoms with Crippen molar-refractivity contribution in [3.8, 4) is 5.75 Å². The fourth-order valence-electron chi connectivity index (χ4n) is 3.01. The number of urea groups is 1. The third-order valence-corrected chi connectivity index (χ3v) is 4.23. The number of aliphatic hydroxyl groups is 1. The molecule has 0 heterocycles. The number of hydrogen-bond acceptors (Lipinski definition) is 3. The average molecular weight is 306 g/mol. The third-order valence-electron chi connectivity index (χ3n) is 4.23. The highest BCUT2D eigenvalue weighted by Gasteiger charge is 2.27. The smallest absolute Gasteiger partial charge is 0.317 e. The lowest BCUT2D eigenvalue weighted by atomic mass is 10.1. The molecule has 0 bridgehead atoms. The normalized spacial score (nSPS) is 16.4. The summed E-state index contributed by atoms with van der Waals surface area (Å²) in [5.74, 6) is 0.310. The molecule has 0 aromatic heterocycles. The van der Waals surface area contributed by atoms with Gasteiger partial charge < -0.3 is 20.4 Å². The predicted octanol–water partition coefficient (Wildman–Crippen LogP) is 2.57. The number of fused-ring (bicyclic) bond motifs is 1.